The van der Waals surface area contributed by atoms with Gasteiger partial charge < -0.3 is 15.1 Å². The molecule has 0 spiro atoms. The molecule has 0 fully saturated rings. The maximum Gasteiger partial charge on any atom is 0.335 e. The third-order valence-electron chi connectivity index (χ3n) is 4.28. The Labute approximate surface area is 154 Å². The van der Waals surface area contributed by atoms with Gasteiger partial charge in [-0.3, -0.25) is 9.59 Å². The van der Waals surface area contributed by atoms with Crippen molar-refractivity contribution in [1.29, 1.82) is 0 Å². The predicted molar refractivity (Wildman–Crippen MR) is 96.3 cm³/mol. The van der Waals surface area contributed by atoms with Gasteiger partial charge in [0.05, 0.1) is 16.8 Å². The summed E-state index contributed by atoms with van der Waals surface area (Å²) in [5, 5.41) is 24.6. The van der Waals surface area contributed by atoms with Gasteiger partial charge in [-0.15, -0.1) is 0 Å². The summed E-state index contributed by atoms with van der Waals surface area (Å²) in [6.45, 7) is 3.26. The summed E-state index contributed by atoms with van der Waals surface area (Å²) in [5.41, 5.74) is -0.161. The second-order valence-electron chi connectivity index (χ2n) is 6.14. The van der Waals surface area contributed by atoms with Crippen LogP contribution in [0.4, 0.5) is 0 Å². The normalized spacial score (nSPS) is 13.2. The van der Waals surface area contributed by atoms with Crippen LogP contribution in [0.2, 0.25) is 0 Å². The number of phenolic OH excluding ortho intramolecular Hbond substituents is 2. The van der Waals surface area contributed by atoms with Gasteiger partial charge >= 0.3 is 5.97 Å². The molecule has 0 bridgehead atoms. The molecule has 0 aliphatic heterocycles. The molecule has 0 unspecified atom stereocenters. The van der Waals surface area contributed by atoms with E-state index in [1.165, 1.54) is 19.1 Å². The zero-order chi connectivity index (χ0) is 19.7. The smallest absolute Gasteiger partial charge is 0.335 e. The fraction of sp³-hybridized carbons (Fsp3) is 0.200. The van der Waals surface area contributed by atoms with Crippen LogP contribution in [0.1, 0.15) is 64.1 Å². The van der Waals surface area contributed by atoms with Gasteiger partial charge in [-0.05, 0) is 19.4 Å². The lowest BCUT2D eigenvalue weighted by molar-refractivity contribution is -0.143. The SMILES string of the molecule is CCCC(=O)O/N=C(\C)c1cc(O)c2c(c1O)C(=O)c1ccccc1C2=O. The highest BCUT2D eigenvalue weighted by molar-refractivity contribution is 6.31. The average Bonchev–Trinajstić information content (AvgIpc) is 2.65. The summed E-state index contributed by atoms with van der Waals surface area (Å²) in [6, 6.07) is 7.31. The fourth-order valence-corrected chi connectivity index (χ4v) is 2.95. The third-order valence-corrected chi connectivity index (χ3v) is 4.28. The third kappa shape index (κ3) is 3.08. The lowest BCUT2D eigenvalue weighted by Crippen LogP contribution is -2.22. The summed E-state index contributed by atoms with van der Waals surface area (Å²) in [6.07, 6.45) is 0.774. The standard InChI is InChI=1S/C20H17NO6/c1-3-6-15(23)27-21-10(2)13-9-14(22)16-17(20(13)26)19(25)12-8-5-4-7-11(12)18(16)24/h4-5,7-9,22,26H,3,6H2,1-2H3/b21-10+. The van der Waals surface area contributed by atoms with Crippen molar-refractivity contribution < 1.29 is 29.4 Å². The first-order valence-electron chi connectivity index (χ1n) is 8.39. The van der Waals surface area contributed by atoms with Crippen molar-refractivity contribution >= 4 is 23.2 Å². The van der Waals surface area contributed by atoms with Gasteiger partial charge in [-0.2, -0.15) is 0 Å². The summed E-state index contributed by atoms with van der Waals surface area (Å²) in [4.78, 5) is 41.7. The molecule has 0 amide bonds. The molecular formula is C20H17NO6. The number of aromatic hydroxyl groups is 2. The molecule has 7 heteroatoms. The van der Waals surface area contributed by atoms with Gasteiger partial charge in [0.25, 0.3) is 0 Å². The highest BCUT2D eigenvalue weighted by Crippen LogP contribution is 2.40. The van der Waals surface area contributed by atoms with Crippen molar-refractivity contribution in [1.82, 2.24) is 0 Å². The molecule has 2 aromatic carbocycles. The average molecular weight is 367 g/mol. The fourth-order valence-electron chi connectivity index (χ4n) is 2.95. The topological polar surface area (TPSA) is 113 Å². The quantitative estimate of drug-likeness (QED) is 0.317. The first kappa shape index (κ1) is 18.3. The van der Waals surface area contributed by atoms with Crippen molar-refractivity contribution in [2.24, 2.45) is 5.16 Å². The highest BCUT2D eigenvalue weighted by Gasteiger charge is 2.35. The van der Waals surface area contributed by atoms with Crippen LogP contribution < -0.4 is 0 Å². The number of benzene rings is 2. The second-order valence-corrected chi connectivity index (χ2v) is 6.14. The molecule has 0 heterocycles. The molecule has 1 aliphatic carbocycles. The Hall–Kier alpha value is -3.48. The van der Waals surface area contributed by atoms with Gasteiger partial charge in [0.2, 0.25) is 0 Å². The van der Waals surface area contributed by atoms with E-state index in [-0.39, 0.29) is 39.9 Å². The van der Waals surface area contributed by atoms with Crippen LogP contribution >= 0.6 is 0 Å². The molecule has 7 nitrogen and oxygen atoms in total. The van der Waals surface area contributed by atoms with Crippen LogP contribution in [0.5, 0.6) is 11.5 Å². The Bertz CT molecular complexity index is 1010. The van der Waals surface area contributed by atoms with E-state index in [1.54, 1.807) is 12.1 Å². The minimum absolute atomic E-state index is 0.00363. The molecule has 0 aromatic heterocycles. The molecule has 2 aromatic rings. The molecule has 3 rings (SSSR count). The van der Waals surface area contributed by atoms with E-state index in [2.05, 4.69) is 5.16 Å². The predicted octanol–water partition coefficient (Wildman–Crippen LogP) is 2.94. The summed E-state index contributed by atoms with van der Waals surface area (Å²) in [7, 11) is 0. The molecule has 0 radical (unpaired) electrons. The van der Waals surface area contributed by atoms with Crippen molar-refractivity contribution in [3.05, 3.63) is 58.1 Å². The number of oxime groups is 1. The second kappa shape index (κ2) is 7.03. The van der Waals surface area contributed by atoms with E-state index in [0.29, 0.717) is 6.42 Å². The molecular weight excluding hydrogens is 350 g/mol. The van der Waals surface area contributed by atoms with Crippen molar-refractivity contribution in [2.75, 3.05) is 0 Å². The van der Waals surface area contributed by atoms with Crippen LogP contribution in [0.25, 0.3) is 0 Å². The van der Waals surface area contributed by atoms with Crippen LogP contribution in [-0.4, -0.2) is 33.5 Å². The number of nitrogens with zero attached hydrogens (tertiary/aromatic N) is 1. The number of phenols is 2. The van der Waals surface area contributed by atoms with E-state index >= 15 is 0 Å². The monoisotopic (exact) mass is 367 g/mol. The first-order valence-corrected chi connectivity index (χ1v) is 8.39. The zero-order valence-electron chi connectivity index (χ0n) is 14.8. The van der Waals surface area contributed by atoms with Crippen molar-refractivity contribution in [3.63, 3.8) is 0 Å². The Morgan fingerprint density at radius 2 is 1.67 bits per heavy atom. The lowest BCUT2D eigenvalue weighted by atomic mass is 9.81. The van der Waals surface area contributed by atoms with E-state index in [0.717, 1.165) is 6.07 Å². The summed E-state index contributed by atoms with van der Waals surface area (Å²) >= 11 is 0. The van der Waals surface area contributed by atoms with Gasteiger partial charge in [-0.1, -0.05) is 36.3 Å². The Kier molecular flexibility index (Phi) is 4.77. The molecule has 0 atom stereocenters. The molecule has 2 N–H and O–H groups in total. The number of carbonyl (C=O) groups is 3. The van der Waals surface area contributed by atoms with Crippen LogP contribution in [0, 0.1) is 0 Å². The minimum Gasteiger partial charge on any atom is -0.507 e. The summed E-state index contributed by atoms with van der Waals surface area (Å²) in [5.74, 6) is -2.63. The molecule has 0 saturated heterocycles. The van der Waals surface area contributed by atoms with E-state index in [4.69, 9.17) is 4.84 Å². The Morgan fingerprint density at radius 3 is 2.26 bits per heavy atom. The number of hydrogen-bond donors (Lipinski definition) is 2. The van der Waals surface area contributed by atoms with E-state index in [9.17, 15) is 24.6 Å². The lowest BCUT2D eigenvalue weighted by Gasteiger charge is -2.20. The van der Waals surface area contributed by atoms with Gasteiger partial charge in [-0.25, -0.2) is 4.79 Å². The van der Waals surface area contributed by atoms with Gasteiger partial charge in [0.15, 0.2) is 11.6 Å². The number of carbonyl (C=O) groups excluding carboxylic acids is 3. The number of fused-ring (bicyclic) bond motifs is 2. The minimum atomic E-state index is -0.578. The van der Waals surface area contributed by atoms with Gasteiger partial charge in [0.1, 0.15) is 11.5 Å². The first-order chi connectivity index (χ1) is 12.9. The molecule has 27 heavy (non-hydrogen) atoms. The molecule has 1 aliphatic rings. The van der Waals surface area contributed by atoms with Crippen LogP contribution in [0.15, 0.2) is 35.5 Å². The largest absolute Gasteiger partial charge is 0.507 e. The number of ketones is 2. The highest BCUT2D eigenvalue weighted by atomic mass is 16.7. The molecule has 138 valence electrons. The molecule has 0 saturated carbocycles. The van der Waals surface area contributed by atoms with Crippen molar-refractivity contribution in [2.45, 2.75) is 26.7 Å². The van der Waals surface area contributed by atoms with Gasteiger partial charge in [0, 0.05) is 23.1 Å². The Morgan fingerprint density at radius 1 is 1.07 bits per heavy atom. The Balaban J connectivity index is 2.11. The van der Waals surface area contributed by atoms with Crippen LogP contribution in [-0.2, 0) is 9.63 Å². The number of hydrogen-bond acceptors (Lipinski definition) is 7. The van der Waals surface area contributed by atoms with Crippen LogP contribution in [0.3, 0.4) is 0 Å². The number of rotatable bonds is 4. The van der Waals surface area contributed by atoms with Crippen molar-refractivity contribution in [3.8, 4) is 11.5 Å². The zero-order valence-corrected chi connectivity index (χ0v) is 14.8. The summed E-state index contributed by atoms with van der Waals surface area (Å²) < 4.78 is 0. The maximum absolute atomic E-state index is 12.8. The van der Waals surface area contributed by atoms with E-state index < -0.39 is 29.0 Å². The maximum atomic E-state index is 12.8. The van der Waals surface area contributed by atoms with E-state index in [1.807, 2.05) is 6.92 Å².